The number of methoxy groups -OCH3 is 1. The van der Waals surface area contributed by atoms with Crippen LogP contribution < -0.4 is 10.9 Å². The van der Waals surface area contributed by atoms with Crippen LogP contribution in [0.4, 0.5) is 0 Å². The van der Waals surface area contributed by atoms with Crippen LogP contribution in [0.5, 0.6) is 0 Å². The molecule has 9 nitrogen and oxygen atoms in total. The van der Waals surface area contributed by atoms with E-state index in [9.17, 15) is 14.4 Å². The highest BCUT2D eigenvalue weighted by Gasteiger charge is 2.22. The first kappa shape index (κ1) is 23.4. The summed E-state index contributed by atoms with van der Waals surface area (Å²) in [7, 11) is 1.64. The summed E-state index contributed by atoms with van der Waals surface area (Å²) in [4.78, 5) is 47.5. The van der Waals surface area contributed by atoms with Crippen molar-refractivity contribution in [3.63, 3.8) is 0 Å². The number of nitrogens with one attached hydrogen (secondary N) is 1. The molecule has 0 atom stereocenters. The minimum absolute atomic E-state index is 0.00268. The standard InChI is InChI=1S/C21H31N5O4S/c1-15-16(2)31-20-19(15)21(29)26(14-23-20)7-5-18(28)25-10-8-24(9-11-25)13-17(27)22-6-4-12-30-3/h14H,4-13H2,1-3H3,(H,22,27). The maximum absolute atomic E-state index is 12.8. The molecule has 0 radical (unpaired) electrons. The number of carbonyl (C=O) groups excluding carboxylic acids is 2. The Morgan fingerprint density at radius 2 is 1.97 bits per heavy atom. The monoisotopic (exact) mass is 449 g/mol. The molecule has 3 rings (SSSR count). The van der Waals surface area contributed by atoms with Gasteiger partial charge < -0.3 is 15.0 Å². The summed E-state index contributed by atoms with van der Waals surface area (Å²) in [6.45, 7) is 8.32. The maximum Gasteiger partial charge on any atom is 0.262 e. The summed E-state index contributed by atoms with van der Waals surface area (Å²) in [6.07, 6.45) is 2.59. The summed E-state index contributed by atoms with van der Waals surface area (Å²) in [5, 5.41) is 3.54. The van der Waals surface area contributed by atoms with Gasteiger partial charge in [-0.15, -0.1) is 11.3 Å². The minimum Gasteiger partial charge on any atom is -0.385 e. The van der Waals surface area contributed by atoms with Crippen molar-refractivity contribution in [3.8, 4) is 0 Å². The van der Waals surface area contributed by atoms with Gasteiger partial charge in [-0.3, -0.25) is 23.9 Å². The van der Waals surface area contributed by atoms with Gasteiger partial charge in [0.15, 0.2) is 0 Å². The summed E-state index contributed by atoms with van der Waals surface area (Å²) >= 11 is 1.52. The third-order valence-corrected chi connectivity index (χ3v) is 6.78. The Kier molecular flexibility index (Phi) is 8.16. The Bertz CT molecular complexity index is 978. The van der Waals surface area contributed by atoms with E-state index in [4.69, 9.17) is 4.74 Å². The summed E-state index contributed by atoms with van der Waals surface area (Å²) in [5.74, 6) is 0.0194. The van der Waals surface area contributed by atoms with E-state index in [1.165, 1.54) is 22.2 Å². The zero-order valence-electron chi connectivity index (χ0n) is 18.5. The van der Waals surface area contributed by atoms with E-state index >= 15 is 0 Å². The van der Waals surface area contributed by atoms with Crippen LogP contribution in [0.15, 0.2) is 11.1 Å². The van der Waals surface area contributed by atoms with Gasteiger partial charge >= 0.3 is 0 Å². The lowest BCUT2D eigenvalue weighted by molar-refractivity contribution is -0.133. The molecule has 2 aromatic rings. The van der Waals surface area contributed by atoms with Gasteiger partial charge in [0.2, 0.25) is 11.8 Å². The molecule has 0 spiro atoms. The van der Waals surface area contributed by atoms with E-state index < -0.39 is 0 Å². The molecule has 0 aliphatic carbocycles. The second-order valence-corrected chi connectivity index (χ2v) is 9.01. The van der Waals surface area contributed by atoms with Crippen molar-refractivity contribution in [2.75, 3.05) is 53.0 Å². The molecule has 10 heteroatoms. The van der Waals surface area contributed by atoms with Gasteiger partial charge in [-0.25, -0.2) is 4.98 Å². The second kappa shape index (κ2) is 10.8. The van der Waals surface area contributed by atoms with E-state index in [0.717, 1.165) is 21.7 Å². The number of piperazine rings is 1. The topological polar surface area (TPSA) is 96.8 Å². The number of hydrogen-bond acceptors (Lipinski definition) is 7. The lowest BCUT2D eigenvalue weighted by atomic mass is 10.2. The predicted molar refractivity (Wildman–Crippen MR) is 120 cm³/mol. The number of aryl methyl sites for hydroxylation is 3. The van der Waals surface area contributed by atoms with Crippen molar-refractivity contribution in [1.29, 1.82) is 0 Å². The molecular weight excluding hydrogens is 418 g/mol. The first-order chi connectivity index (χ1) is 14.9. The Balaban J connectivity index is 1.45. The number of ether oxygens (including phenoxy) is 1. The third kappa shape index (κ3) is 5.90. The minimum atomic E-state index is -0.0824. The largest absolute Gasteiger partial charge is 0.385 e. The van der Waals surface area contributed by atoms with Gasteiger partial charge in [-0.05, 0) is 25.8 Å². The number of rotatable bonds is 9. The Morgan fingerprint density at radius 1 is 1.23 bits per heavy atom. The number of hydrogen-bond donors (Lipinski definition) is 1. The molecule has 1 N–H and O–H groups in total. The first-order valence-electron chi connectivity index (χ1n) is 10.6. The van der Waals surface area contributed by atoms with E-state index in [1.54, 1.807) is 7.11 Å². The van der Waals surface area contributed by atoms with Crippen LogP contribution in [0.3, 0.4) is 0 Å². The highest BCUT2D eigenvalue weighted by molar-refractivity contribution is 7.18. The number of thiophene rings is 1. The summed E-state index contributed by atoms with van der Waals surface area (Å²) < 4.78 is 6.50. The second-order valence-electron chi connectivity index (χ2n) is 7.81. The zero-order chi connectivity index (χ0) is 22.4. The van der Waals surface area contributed by atoms with Crippen molar-refractivity contribution in [1.82, 2.24) is 24.7 Å². The van der Waals surface area contributed by atoms with E-state index in [2.05, 4.69) is 15.2 Å². The first-order valence-corrected chi connectivity index (χ1v) is 11.4. The van der Waals surface area contributed by atoms with E-state index in [1.807, 2.05) is 18.7 Å². The fraction of sp³-hybridized carbons (Fsp3) is 0.619. The predicted octanol–water partition coefficient (Wildman–Crippen LogP) is 0.762. The molecule has 1 aliphatic heterocycles. The molecule has 170 valence electrons. The third-order valence-electron chi connectivity index (χ3n) is 5.66. The van der Waals surface area contributed by atoms with Crippen LogP contribution in [0.1, 0.15) is 23.3 Å². The van der Waals surface area contributed by atoms with E-state index in [-0.39, 0.29) is 23.8 Å². The number of aromatic nitrogens is 2. The van der Waals surface area contributed by atoms with Gasteiger partial charge in [-0.2, -0.15) is 0 Å². The quantitative estimate of drug-likeness (QED) is 0.568. The van der Waals surface area contributed by atoms with Crippen LogP contribution in [-0.2, 0) is 20.9 Å². The number of fused-ring (bicyclic) bond motifs is 1. The molecule has 1 saturated heterocycles. The molecule has 1 fully saturated rings. The van der Waals surface area contributed by atoms with Gasteiger partial charge in [0.1, 0.15) is 4.83 Å². The lowest BCUT2D eigenvalue weighted by Gasteiger charge is -2.34. The van der Waals surface area contributed by atoms with E-state index in [0.29, 0.717) is 57.8 Å². The number of carbonyl (C=O) groups is 2. The van der Waals surface area contributed by atoms with Crippen LogP contribution in [0.2, 0.25) is 0 Å². The SMILES string of the molecule is COCCCNC(=O)CN1CCN(C(=O)CCn2cnc3sc(C)c(C)c3c2=O)CC1. The molecule has 2 aromatic heterocycles. The summed E-state index contributed by atoms with van der Waals surface area (Å²) in [5.41, 5.74) is 0.887. The normalized spacial score (nSPS) is 14.9. The van der Waals surface area contributed by atoms with Crippen LogP contribution in [0, 0.1) is 13.8 Å². The molecule has 0 unspecified atom stereocenters. The molecule has 2 amide bonds. The van der Waals surface area contributed by atoms with Crippen molar-refractivity contribution in [2.45, 2.75) is 33.2 Å². The highest BCUT2D eigenvalue weighted by Crippen LogP contribution is 2.25. The molecule has 0 saturated carbocycles. The summed E-state index contributed by atoms with van der Waals surface area (Å²) in [6, 6.07) is 0. The molecule has 1 aliphatic rings. The Morgan fingerprint density at radius 3 is 2.68 bits per heavy atom. The average Bonchev–Trinajstić information content (AvgIpc) is 3.05. The zero-order valence-corrected chi connectivity index (χ0v) is 19.3. The van der Waals surface area contributed by atoms with Gasteiger partial charge in [0, 0.05) is 64.3 Å². The maximum atomic E-state index is 12.8. The molecule has 0 bridgehead atoms. The smallest absolute Gasteiger partial charge is 0.262 e. The number of nitrogens with zero attached hydrogens (tertiary/aromatic N) is 4. The van der Waals surface area contributed by atoms with Crippen LogP contribution in [-0.4, -0.2) is 84.2 Å². The van der Waals surface area contributed by atoms with Crippen LogP contribution in [0.25, 0.3) is 10.2 Å². The highest BCUT2D eigenvalue weighted by atomic mass is 32.1. The van der Waals surface area contributed by atoms with Crippen molar-refractivity contribution in [2.24, 2.45) is 0 Å². The molecule has 3 heterocycles. The molecule has 31 heavy (non-hydrogen) atoms. The van der Waals surface area contributed by atoms with Crippen molar-refractivity contribution in [3.05, 3.63) is 27.1 Å². The fourth-order valence-electron chi connectivity index (χ4n) is 3.66. The van der Waals surface area contributed by atoms with Gasteiger partial charge in [-0.1, -0.05) is 0 Å². The van der Waals surface area contributed by atoms with Crippen molar-refractivity contribution >= 4 is 33.4 Å². The Labute approximate surface area is 186 Å². The number of amides is 2. The molecular formula is C21H31N5O4S. The van der Waals surface area contributed by atoms with Gasteiger partial charge in [0.25, 0.3) is 5.56 Å². The molecule has 0 aromatic carbocycles. The lowest BCUT2D eigenvalue weighted by Crippen LogP contribution is -2.51. The average molecular weight is 450 g/mol. The fourth-order valence-corrected chi connectivity index (χ4v) is 4.65. The van der Waals surface area contributed by atoms with Crippen LogP contribution >= 0.6 is 11.3 Å². The van der Waals surface area contributed by atoms with Gasteiger partial charge in [0.05, 0.1) is 18.3 Å². The van der Waals surface area contributed by atoms with Crippen molar-refractivity contribution < 1.29 is 14.3 Å². The Hall–Kier alpha value is -2.30.